The number of nitrogens with zero attached hydrogens (tertiary/aromatic N) is 4. The number of anilines is 1. The molecule has 0 radical (unpaired) electrons. The molecule has 1 atom stereocenters. The Hall–Kier alpha value is -1.75. The van der Waals surface area contributed by atoms with Gasteiger partial charge in [0.1, 0.15) is 18.1 Å². The maximum Gasteiger partial charge on any atom is 0.417 e. The highest BCUT2D eigenvalue weighted by Gasteiger charge is 2.38. The van der Waals surface area contributed by atoms with E-state index in [4.69, 9.17) is 39.5 Å². The molecule has 0 bridgehead atoms. The highest BCUT2D eigenvalue weighted by atomic mass is 35.5. The minimum absolute atomic E-state index is 0.0449. The van der Waals surface area contributed by atoms with Gasteiger partial charge in [-0.15, -0.1) is 0 Å². The predicted molar refractivity (Wildman–Crippen MR) is 97.6 cm³/mol. The molecule has 1 aliphatic heterocycles. The second-order valence-corrected chi connectivity index (χ2v) is 7.14. The second-order valence-electron chi connectivity index (χ2n) is 5.98. The molecule has 0 saturated carbocycles. The third-order valence-electron chi connectivity index (χ3n) is 4.25. The molecular formula is C15H12Cl3F3N4O3. The zero-order valence-corrected chi connectivity index (χ0v) is 16.4. The number of hydrogen-bond donors (Lipinski definition) is 0. The lowest BCUT2D eigenvalue weighted by Crippen LogP contribution is -2.33. The lowest BCUT2D eigenvalue weighted by Gasteiger charge is -2.26. The Bertz CT molecular complexity index is 929. The van der Waals surface area contributed by atoms with E-state index in [1.807, 2.05) is 0 Å². The van der Waals surface area contributed by atoms with E-state index in [1.54, 1.807) is 7.05 Å². The smallest absolute Gasteiger partial charge is 0.358 e. The number of nitro groups is 1. The van der Waals surface area contributed by atoms with Crippen LogP contribution in [0.4, 0.5) is 24.7 Å². The highest BCUT2D eigenvalue weighted by molar-refractivity contribution is 6.45. The van der Waals surface area contributed by atoms with Crippen LogP contribution in [-0.4, -0.2) is 34.6 Å². The largest absolute Gasteiger partial charge is 0.417 e. The standard InChI is InChI=1S/C15H12Cl3F3N4O3/c1-23(10-3-2-4-28-10)14-9(25(26)27)6-22-24(14)13-8(16)5-7(15(19,20)21)11(17)12(13)18/h5-6,10H,2-4H2,1H3. The Balaban J connectivity index is 2.22. The molecule has 3 rings (SSSR count). The molecule has 1 aliphatic rings. The van der Waals surface area contributed by atoms with Gasteiger partial charge in [0.25, 0.3) is 0 Å². The van der Waals surface area contributed by atoms with Gasteiger partial charge in [-0.05, 0) is 18.9 Å². The minimum Gasteiger partial charge on any atom is -0.358 e. The van der Waals surface area contributed by atoms with Crippen LogP contribution in [0.2, 0.25) is 15.1 Å². The Morgan fingerprint density at radius 3 is 2.57 bits per heavy atom. The van der Waals surface area contributed by atoms with E-state index < -0.39 is 38.0 Å². The number of halogens is 6. The molecule has 0 N–H and O–H groups in total. The molecule has 2 heterocycles. The Morgan fingerprint density at radius 2 is 2.04 bits per heavy atom. The number of aromatic nitrogens is 2. The van der Waals surface area contributed by atoms with Gasteiger partial charge in [-0.3, -0.25) is 10.1 Å². The molecule has 13 heteroatoms. The number of rotatable bonds is 4. The molecule has 1 aromatic carbocycles. The zero-order chi connectivity index (χ0) is 20.8. The molecule has 1 aromatic heterocycles. The van der Waals surface area contributed by atoms with Gasteiger partial charge in [-0.25, -0.2) is 4.68 Å². The Kier molecular flexibility index (Phi) is 5.68. The Morgan fingerprint density at radius 1 is 1.36 bits per heavy atom. The van der Waals surface area contributed by atoms with Crippen molar-refractivity contribution < 1.29 is 22.8 Å². The van der Waals surface area contributed by atoms with Gasteiger partial charge in [0.2, 0.25) is 5.82 Å². The van der Waals surface area contributed by atoms with Crippen molar-refractivity contribution in [3.63, 3.8) is 0 Å². The molecule has 1 unspecified atom stereocenters. The van der Waals surface area contributed by atoms with Gasteiger partial charge >= 0.3 is 11.9 Å². The molecule has 1 saturated heterocycles. The third-order valence-corrected chi connectivity index (χ3v) is 5.39. The van der Waals surface area contributed by atoms with E-state index in [-0.39, 0.29) is 17.2 Å². The molecule has 0 aliphatic carbocycles. The SMILES string of the molecule is CN(c1c([N+](=O)[O-])cnn1-c1c(Cl)cc(C(F)(F)F)c(Cl)c1Cl)C1CCCO1. The molecule has 152 valence electrons. The monoisotopic (exact) mass is 458 g/mol. The van der Waals surface area contributed by atoms with Gasteiger partial charge in [-0.2, -0.15) is 18.3 Å². The van der Waals surface area contributed by atoms with Gasteiger partial charge in [-0.1, -0.05) is 34.8 Å². The van der Waals surface area contributed by atoms with Crippen LogP contribution in [0.25, 0.3) is 5.69 Å². The highest BCUT2D eigenvalue weighted by Crippen LogP contribution is 2.45. The lowest BCUT2D eigenvalue weighted by atomic mass is 10.2. The lowest BCUT2D eigenvalue weighted by molar-refractivity contribution is -0.384. The van der Waals surface area contributed by atoms with E-state index in [1.165, 1.54) is 4.90 Å². The second kappa shape index (κ2) is 7.58. The zero-order valence-electron chi connectivity index (χ0n) is 14.1. The van der Waals surface area contributed by atoms with Crippen molar-refractivity contribution in [2.24, 2.45) is 0 Å². The Labute approximate surface area is 171 Å². The quantitative estimate of drug-likeness (QED) is 0.351. The first-order valence-electron chi connectivity index (χ1n) is 7.86. The van der Waals surface area contributed by atoms with E-state index >= 15 is 0 Å². The predicted octanol–water partition coefficient (Wildman–Crippen LogP) is 5.33. The fourth-order valence-corrected chi connectivity index (χ4v) is 3.81. The number of ether oxygens (including phenoxy) is 1. The summed E-state index contributed by atoms with van der Waals surface area (Å²) in [7, 11) is 1.55. The van der Waals surface area contributed by atoms with Crippen LogP contribution in [0.5, 0.6) is 0 Å². The van der Waals surface area contributed by atoms with Crippen LogP contribution in [0.1, 0.15) is 18.4 Å². The minimum atomic E-state index is -4.78. The molecule has 1 fully saturated rings. The number of alkyl halides is 3. The fourth-order valence-electron chi connectivity index (χ4n) is 2.94. The van der Waals surface area contributed by atoms with Crippen LogP contribution in [0.3, 0.4) is 0 Å². The summed E-state index contributed by atoms with van der Waals surface area (Å²) in [6.45, 7) is 0.477. The first-order valence-corrected chi connectivity index (χ1v) is 8.99. The average molecular weight is 460 g/mol. The van der Waals surface area contributed by atoms with Gasteiger partial charge in [0.05, 0.1) is 25.6 Å². The van der Waals surface area contributed by atoms with E-state index in [9.17, 15) is 23.3 Å². The maximum atomic E-state index is 13.1. The van der Waals surface area contributed by atoms with Crippen molar-refractivity contribution >= 4 is 46.3 Å². The topological polar surface area (TPSA) is 73.4 Å². The van der Waals surface area contributed by atoms with E-state index in [0.29, 0.717) is 19.1 Å². The average Bonchev–Trinajstić information content (AvgIpc) is 3.26. The molecule has 0 spiro atoms. The summed E-state index contributed by atoms with van der Waals surface area (Å²) in [5, 5.41) is 13.7. The normalized spacial score (nSPS) is 17.2. The molecule has 2 aromatic rings. The van der Waals surface area contributed by atoms with Crippen molar-refractivity contribution in [2.45, 2.75) is 25.2 Å². The summed E-state index contributed by atoms with van der Waals surface area (Å²) in [6.07, 6.45) is -2.94. The summed E-state index contributed by atoms with van der Waals surface area (Å²) in [6, 6.07) is 0.606. The molecule has 7 nitrogen and oxygen atoms in total. The summed E-state index contributed by atoms with van der Waals surface area (Å²) in [4.78, 5) is 12.3. The summed E-state index contributed by atoms with van der Waals surface area (Å²) < 4.78 is 45.9. The number of hydrogen-bond acceptors (Lipinski definition) is 5. The van der Waals surface area contributed by atoms with Gasteiger partial charge in [0, 0.05) is 13.7 Å². The van der Waals surface area contributed by atoms with Gasteiger partial charge in [0.15, 0.2) is 0 Å². The first-order chi connectivity index (χ1) is 13.0. The van der Waals surface area contributed by atoms with Crippen LogP contribution >= 0.6 is 34.8 Å². The van der Waals surface area contributed by atoms with Crippen molar-refractivity contribution in [3.8, 4) is 5.69 Å². The summed E-state index contributed by atoms with van der Waals surface area (Å²) >= 11 is 17.9. The number of benzene rings is 1. The van der Waals surface area contributed by atoms with Crippen molar-refractivity contribution in [2.75, 3.05) is 18.6 Å². The van der Waals surface area contributed by atoms with Crippen LogP contribution < -0.4 is 4.90 Å². The van der Waals surface area contributed by atoms with E-state index in [2.05, 4.69) is 5.10 Å². The third kappa shape index (κ3) is 3.61. The summed E-state index contributed by atoms with van der Waals surface area (Å²) in [5.41, 5.74) is -1.81. The molecule has 0 amide bonds. The van der Waals surface area contributed by atoms with Crippen molar-refractivity contribution in [3.05, 3.63) is 43.0 Å². The van der Waals surface area contributed by atoms with Crippen LogP contribution in [-0.2, 0) is 10.9 Å². The van der Waals surface area contributed by atoms with Crippen molar-refractivity contribution in [1.29, 1.82) is 0 Å². The molecular weight excluding hydrogens is 448 g/mol. The summed E-state index contributed by atoms with van der Waals surface area (Å²) in [5.74, 6) is -0.0449. The van der Waals surface area contributed by atoms with Crippen LogP contribution in [0.15, 0.2) is 12.3 Å². The van der Waals surface area contributed by atoms with Gasteiger partial charge < -0.3 is 9.64 Å². The van der Waals surface area contributed by atoms with E-state index in [0.717, 1.165) is 17.3 Å². The molecule has 28 heavy (non-hydrogen) atoms. The maximum absolute atomic E-state index is 13.1. The first kappa shape index (κ1) is 21.0. The van der Waals surface area contributed by atoms with Crippen LogP contribution in [0, 0.1) is 10.1 Å². The van der Waals surface area contributed by atoms with Crippen molar-refractivity contribution in [1.82, 2.24) is 9.78 Å². The fraction of sp³-hybridized carbons (Fsp3) is 0.400.